The number of benzene rings is 3. The molecule has 3 heterocycles. The van der Waals surface area contributed by atoms with Crippen molar-refractivity contribution >= 4 is 40.5 Å². The molecule has 1 amide bonds. The molecular formula is C30H27Cl2N5O6. The fourth-order valence-electron chi connectivity index (χ4n) is 4.60. The minimum absolute atomic E-state index is 0.112. The van der Waals surface area contributed by atoms with Crippen molar-refractivity contribution in [3.63, 3.8) is 0 Å². The molecule has 0 saturated carbocycles. The molecule has 43 heavy (non-hydrogen) atoms. The van der Waals surface area contributed by atoms with E-state index in [1.807, 2.05) is 0 Å². The maximum absolute atomic E-state index is 13.8. The number of carbonyl (C=O) groups excluding carboxylic acids is 1. The second-order valence-corrected chi connectivity index (χ2v) is 10.5. The van der Waals surface area contributed by atoms with Crippen molar-refractivity contribution in [1.82, 2.24) is 20.0 Å². The normalized spacial score (nSPS) is 14.4. The summed E-state index contributed by atoms with van der Waals surface area (Å²) in [5.74, 6) is 1.54. The van der Waals surface area contributed by atoms with Gasteiger partial charge in [-0.25, -0.2) is 0 Å². The first-order chi connectivity index (χ1) is 20.9. The summed E-state index contributed by atoms with van der Waals surface area (Å²) in [5.41, 5.74) is 1.08. The van der Waals surface area contributed by atoms with Crippen LogP contribution in [0, 0.1) is 0 Å². The predicted molar refractivity (Wildman–Crippen MR) is 162 cm³/mol. The standard InChI is InChI=1S/C30H27Cl2N5O6/c31-23-7-5-21(15-24(23)32)37-30(39)28(27(17-34-37)43-22-6-8-25-26(16-22)42-18-41-25)35-20-3-1-19(2-4-20)29(38)33-9-10-36-11-13-40-14-12-36/h1-8,15-17,35H,9-14,18H2,(H,33,38). The third-order valence-corrected chi connectivity index (χ3v) is 7.64. The van der Waals surface area contributed by atoms with Crippen molar-refractivity contribution in [3.05, 3.63) is 92.8 Å². The summed E-state index contributed by atoms with van der Waals surface area (Å²) < 4.78 is 23.5. The summed E-state index contributed by atoms with van der Waals surface area (Å²) in [7, 11) is 0. The van der Waals surface area contributed by atoms with Crippen molar-refractivity contribution in [2.45, 2.75) is 0 Å². The van der Waals surface area contributed by atoms with Crippen LogP contribution < -0.4 is 30.4 Å². The Kier molecular flexibility index (Phi) is 8.66. The molecule has 3 aromatic carbocycles. The molecule has 13 heteroatoms. The van der Waals surface area contributed by atoms with E-state index in [0.717, 1.165) is 19.6 Å². The summed E-state index contributed by atoms with van der Waals surface area (Å²) in [6.45, 7) is 4.55. The first kappa shape index (κ1) is 28.8. The highest BCUT2D eigenvalue weighted by atomic mass is 35.5. The van der Waals surface area contributed by atoms with Gasteiger partial charge in [-0.3, -0.25) is 14.5 Å². The molecule has 0 radical (unpaired) electrons. The van der Waals surface area contributed by atoms with Crippen LogP contribution in [0.3, 0.4) is 0 Å². The zero-order valence-electron chi connectivity index (χ0n) is 22.8. The summed E-state index contributed by atoms with van der Waals surface area (Å²) in [6.07, 6.45) is 1.42. The van der Waals surface area contributed by atoms with E-state index in [0.29, 0.717) is 59.0 Å². The lowest BCUT2D eigenvalue weighted by Crippen LogP contribution is -2.41. The van der Waals surface area contributed by atoms with E-state index in [1.54, 1.807) is 60.7 Å². The maximum Gasteiger partial charge on any atom is 0.299 e. The Morgan fingerprint density at radius 3 is 2.53 bits per heavy atom. The van der Waals surface area contributed by atoms with Gasteiger partial charge in [-0.05, 0) is 54.6 Å². The monoisotopic (exact) mass is 623 g/mol. The molecule has 1 fully saturated rings. The molecule has 222 valence electrons. The highest BCUT2D eigenvalue weighted by Gasteiger charge is 2.19. The van der Waals surface area contributed by atoms with Crippen LogP contribution >= 0.6 is 23.2 Å². The molecular weight excluding hydrogens is 597 g/mol. The number of ether oxygens (including phenoxy) is 4. The molecule has 2 aliphatic heterocycles. The smallest absolute Gasteiger partial charge is 0.299 e. The van der Waals surface area contributed by atoms with E-state index < -0.39 is 5.56 Å². The third kappa shape index (κ3) is 6.70. The quantitative estimate of drug-likeness (QED) is 0.269. The number of carbonyl (C=O) groups is 1. The molecule has 2 N–H and O–H groups in total. The fraction of sp³-hybridized carbons (Fsp3) is 0.233. The van der Waals surface area contributed by atoms with Crippen LogP contribution in [0.5, 0.6) is 23.0 Å². The number of nitrogens with zero attached hydrogens (tertiary/aromatic N) is 3. The molecule has 1 saturated heterocycles. The Hall–Kier alpha value is -4.29. The van der Waals surface area contributed by atoms with Gasteiger partial charge in [0.25, 0.3) is 11.5 Å². The maximum atomic E-state index is 13.8. The van der Waals surface area contributed by atoms with E-state index >= 15 is 0 Å². The van der Waals surface area contributed by atoms with E-state index in [9.17, 15) is 9.59 Å². The molecule has 0 atom stereocenters. The highest BCUT2D eigenvalue weighted by Crippen LogP contribution is 2.38. The Bertz CT molecular complexity index is 1690. The number of hydrogen-bond acceptors (Lipinski definition) is 9. The third-order valence-electron chi connectivity index (χ3n) is 6.90. The molecule has 1 aromatic heterocycles. The molecule has 11 nitrogen and oxygen atoms in total. The largest absolute Gasteiger partial charge is 0.454 e. The van der Waals surface area contributed by atoms with Gasteiger partial charge in [0.1, 0.15) is 5.75 Å². The molecule has 0 unspecified atom stereocenters. The second-order valence-electron chi connectivity index (χ2n) is 9.73. The first-order valence-electron chi connectivity index (χ1n) is 13.6. The van der Waals surface area contributed by atoms with Gasteiger partial charge in [0, 0.05) is 43.5 Å². The van der Waals surface area contributed by atoms with Crippen LogP contribution in [0.25, 0.3) is 5.69 Å². The van der Waals surface area contributed by atoms with Crippen molar-refractivity contribution in [1.29, 1.82) is 0 Å². The van der Waals surface area contributed by atoms with Crippen molar-refractivity contribution < 1.29 is 23.7 Å². The van der Waals surface area contributed by atoms with Crippen LogP contribution in [0.15, 0.2) is 71.7 Å². The molecule has 4 aromatic rings. The number of fused-ring (bicyclic) bond motifs is 1. The lowest BCUT2D eigenvalue weighted by Gasteiger charge is -2.26. The zero-order valence-corrected chi connectivity index (χ0v) is 24.4. The van der Waals surface area contributed by atoms with Gasteiger partial charge < -0.3 is 29.6 Å². The lowest BCUT2D eigenvalue weighted by atomic mass is 10.2. The number of aromatic nitrogens is 2. The topological polar surface area (TPSA) is 116 Å². The molecule has 2 aliphatic rings. The SMILES string of the molecule is O=C(NCCN1CCOCC1)c1ccc(Nc2c(Oc3ccc4c(c3)OCO4)cnn(-c3ccc(Cl)c(Cl)c3)c2=O)cc1. The van der Waals surface area contributed by atoms with Crippen molar-refractivity contribution in [2.24, 2.45) is 0 Å². The van der Waals surface area contributed by atoms with E-state index in [2.05, 4.69) is 20.6 Å². The van der Waals surface area contributed by atoms with Gasteiger partial charge >= 0.3 is 0 Å². The Balaban J connectivity index is 1.23. The highest BCUT2D eigenvalue weighted by molar-refractivity contribution is 6.42. The minimum atomic E-state index is -0.499. The number of halogens is 2. The summed E-state index contributed by atoms with van der Waals surface area (Å²) in [6, 6.07) is 16.7. The first-order valence-corrected chi connectivity index (χ1v) is 14.3. The van der Waals surface area contributed by atoms with Crippen LogP contribution in [0.2, 0.25) is 10.0 Å². The summed E-state index contributed by atoms with van der Waals surface area (Å²) >= 11 is 12.3. The fourth-order valence-corrected chi connectivity index (χ4v) is 4.89. The Labute approximate surface area is 256 Å². The average Bonchev–Trinajstić information content (AvgIpc) is 3.49. The van der Waals surface area contributed by atoms with Crippen LogP contribution in [-0.4, -0.2) is 66.8 Å². The number of anilines is 2. The molecule has 0 bridgehead atoms. The van der Waals surface area contributed by atoms with Crippen molar-refractivity contribution in [2.75, 3.05) is 51.5 Å². The number of rotatable bonds is 9. The van der Waals surface area contributed by atoms with Gasteiger partial charge in [-0.2, -0.15) is 9.78 Å². The Morgan fingerprint density at radius 2 is 1.74 bits per heavy atom. The molecule has 0 aliphatic carbocycles. The van der Waals surface area contributed by atoms with Crippen LogP contribution in [0.4, 0.5) is 11.4 Å². The van der Waals surface area contributed by atoms with E-state index in [-0.39, 0.29) is 29.2 Å². The Morgan fingerprint density at radius 1 is 0.953 bits per heavy atom. The number of hydrogen-bond donors (Lipinski definition) is 2. The zero-order chi connectivity index (χ0) is 29.8. The molecule has 0 spiro atoms. The van der Waals surface area contributed by atoms with Gasteiger partial charge in [0.2, 0.25) is 6.79 Å². The predicted octanol–water partition coefficient (Wildman–Crippen LogP) is 4.87. The van der Waals surface area contributed by atoms with E-state index in [1.165, 1.54) is 10.9 Å². The number of amides is 1. The van der Waals surface area contributed by atoms with Crippen molar-refractivity contribution in [3.8, 4) is 28.7 Å². The van der Waals surface area contributed by atoms with Gasteiger partial charge in [0.15, 0.2) is 22.9 Å². The van der Waals surface area contributed by atoms with Gasteiger partial charge in [-0.15, -0.1) is 0 Å². The second kappa shape index (κ2) is 12.9. The minimum Gasteiger partial charge on any atom is -0.454 e. The summed E-state index contributed by atoms with van der Waals surface area (Å²) in [5, 5.41) is 11.0. The summed E-state index contributed by atoms with van der Waals surface area (Å²) in [4.78, 5) is 28.7. The lowest BCUT2D eigenvalue weighted by molar-refractivity contribution is 0.0383. The van der Waals surface area contributed by atoms with Crippen LogP contribution in [0.1, 0.15) is 10.4 Å². The molecule has 6 rings (SSSR count). The van der Waals surface area contributed by atoms with Gasteiger partial charge in [0.05, 0.1) is 35.1 Å². The average molecular weight is 624 g/mol. The van der Waals surface area contributed by atoms with Gasteiger partial charge in [-0.1, -0.05) is 23.2 Å². The van der Waals surface area contributed by atoms with E-state index in [4.69, 9.17) is 42.1 Å². The number of morpholine rings is 1. The van der Waals surface area contributed by atoms with Crippen LogP contribution in [-0.2, 0) is 4.74 Å². The number of nitrogens with one attached hydrogen (secondary N) is 2.